The number of amides is 2. The van der Waals surface area contributed by atoms with Gasteiger partial charge in [-0.05, 0) is 51.0 Å². The Hall–Kier alpha value is -0.710. The summed E-state index contributed by atoms with van der Waals surface area (Å²) in [6, 6.07) is -0.243. The normalized spacial score (nSPS) is 26.8. The number of nitrogens with zero attached hydrogens (tertiary/aromatic N) is 1. The van der Waals surface area contributed by atoms with Gasteiger partial charge in [0.15, 0.2) is 0 Å². The molecule has 1 saturated carbocycles. The molecular formula is C16H28N2O2S. The first-order valence-electron chi connectivity index (χ1n) is 8.09. The average Bonchev–Trinajstić information content (AvgIpc) is 2.45. The first-order valence-corrected chi connectivity index (χ1v) is 9.49. The maximum atomic E-state index is 12.7. The predicted octanol–water partition coefficient (Wildman–Crippen LogP) is 2.43. The van der Waals surface area contributed by atoms with Gasteiger partial charge < -0.3 is 10.2 Å². The number of hydrogen-bond donors (Lipinski definition) is 1. The third kappa shape index (κ3) is 3.74. The average molecular weight is 312 g/mol. The summed E-state index contributed by atoms with van der Waals surface area (Å²) >= 11 is 1.79. The van der Waals surface area contributed by atoms with Crippen LogP contribution in [0.1, 0.15) is 52.4 Å². The minimum absolute atomic E-state index is 0.0515. The molecule has 2 amide bonds. The van der Waals surface area contributed by atoms with Gasteiger partial charge in [-0.15, -0.1) is 0 Å². The quantitative estimate of drug-likeness (QED) is 0.793. The molecule has 0 aromatic carbocycles. The molecule has 1 aliphatic heterocycles. The Morgan fingerprint density at radius 1 is 1.24 bits per heavy atom. The highest BCUT2D eigenvalue weighted by Crippen LogP contribution is 2.32. The molecule has 0 bridgehead atoms. The second kappa shape index (κ2) is 7.03. The molecule has 1 N–H and O–H groups in total. The number of hydrogen-bond acceptors (Lipinski definition) is 3. The molecule has 2 aliphatic rings. The van der Waals surface area contributed by atoms with Gasteiger partial charge in [-0.2, -0.15) is 11.8 Å². The molecule has 0 spiro atoms. The maximum Gasteiger partial charge on any atom is 0.248 e. The van der Waals surface area contributed by atoms with Crippen LogP contribution in [0.3, 0.4) is 0 Å². The summed E-state index contributed by atoms with van der Waals surface area (Å²) in [5, 5.41) is 2.94. The minimum atomic E-state index is -0.762. The van der Waals surface area contributed by atoms with Gasteiger partial charge in [-0.1, -0.05) is 19.3 Å². The second-order valence-corrected chi connectivity index (χ2v) is 7.79. The largest absolute Gasteiger partial charge is 0.340 e. The van der Waals surface area contributed by atoms with Crippen molar-refractivity contribution in [2.75, 3.05) is 18.6 Å². The highest BCUT2D eigenvalue weighted by molar-refractivity contribution is 7.98. The number of nitrogens with one attached hydrogen (secondary N) is 1. The summed E-state index contributed by atoms with van der Waals surface area (Å²) in [7, 11) is 0. The number of rotatable bonds is 5. The van der Waals surface area contributed by atoms with E-state index < -0.39 is 5.54 Å². The molecule has 1 heterocycles. The van der Waals surface area contributed by atoms with E-state index in [9.17, 15) is 9.59 Å². The van der Waals surface area contributed by atoms with Crippen LogP contribution < -0.4 is 5.32 Å². The van der Waals surface area contributed by atoms with E-state index in [0.717, 1.165) is 25.0 Å². The smallest absolute Gasteiger partial charge is 0.248 e. The molecule has 0 aromatic rings. The monoisotopic (exact) mass is 312 g/mol. The zero-order valence-corrected chi connectivity index (χ0v) is 14.3. The van der Waals surface area contributed by atoms with Gasteiger partial charge in [-0.25, -0.2) is 0 Å². The van der Waals surface area contributed by atoms with Crippen LogP contribution in [0.4, 0.5) is 0 Å². The number of thioether (sulfide) groups is 1. The van der Waals surface area contributed by atoms with E-state index in [4.69, 9.17) is 0 Å². The zero-order chi connectivity index (χ0) is 15.5. The van der Waals surface area contributed by atoms with E-state index in [1.807, 2.05) is 18.7 Å². The third-order valence-corrected chi connectivity index (χ3v) is 5.38. The van der Waals surface area contributed by atoms with Crippen LogP contribution in [0.2, 0.25) is 0 Å². The molecule has 1 unspecified atom stereocenters. The molecule has 1 aliphatic carbocycles. The molecule has 120 valence electrons. The number of piperazine rings is 1. The van der Waals surface area contributed by atoms with Crippen molar-refractivity contribution >= 4 is 23.6 Å². The zero-order valence-electron chi connectivity index (χ0n) is 13.5. The Bertz CT molecular complexity index is 392. The Labute approximate surface area is 132 Å². The van der Waals surface area contributed by atoms with Crippen LogP contribution in [0, 0.1) is 5.92 Å². The minimum Gasteiger partial charge on any atom is -0.340 e. The third-order valence-electron chi connectivity index (χ3n) is 4.68. The van der Waals surface area contributed by atoms with Gasteiger partial charge in [0.1, 0.15) is 11.6 Å². The first kappa shape index (κ1) is 16.7. The van der Waals surface area contributed by atoms with Gasteiger partial charge in [0.2, 0.25) is 11.8 Å². The summed E-state index contributed by atoms with van der Waals surface area (Å²) < 4.78 is 0. The first-order chi connectivity index (χ1) is 9.97. The van der Waals surface area contributed by atoms with Crippen LogP contribution in [-0.2, 0) is 9.59 Å². The standard InChI is InChI=1S/C16H28N2O2S/c1-16(2)15(20)18(10-7-11-21-3)13(14(19)17-16)12-8-5-4-6-9-12/h12-13H,4-11H2,1-3H3,(H,17,19). The fourth-order valence-electron chi connectivity index (χ4n) is 3.60. The molecule has 1 atom stereocenters. The topological polar surface area (TPSA) is 49.4 Å². The van der Waals surface area contributed by atoms with Crippen LogP contribution in [0.5, 0.6) is 0 Å². The predicted molar refractivity (Wildman–Crippen MR) is 87.3 cm³/mol. The van der Waals surface area contributed by atoms with Gasteiger partial charge in [0.25, 0.3) is 0 Å². The Morgan fingerprint density at radius 2 is 1.90 bits per heavy atom. The maximum absolute atomic E-state index is 12.7. The van der Waals surface area contributed by atoms with E-state index in [1.165, 1.54) is 19.3 Å². The molecule has 4 nitrogen and oxygen atoms in total. The number of carbonyl (C=O) groups excluding carboxylic acids is 2. The highest BCUT2D eigenvalue weighted by atomic mass is 32.2. The van der Waals surface area contributed by atoms with Crippen molar-refractivity contribution in [1.29, 1.82) is 0 Å². The van der Waals surface area contributed by atoms with Gasteiger partial charge in [-0.3, -0.25) is 9.59 Å². The van der Waals surface area contributed by atoms with Crippen molar-refractivity contribution in [3.8, 4) is 0 Å². The SMILES string of the molecule is CSCCCN1C(=O)C(C)(C)NC(=O)C1C1CCCCC1. The van der Waals surface area contributed by atoms with E-state index in [1.54, 1.807) is 11.8 Å². The van der Waals surface area contributed by atoms with Gasteiger partial charge >= 0.3 is 0 Å². The highest BCUT2D eigenvalue weighted by Gasteiger charge is 2.47. The van der Waals surface area contributed by atoms with Crippen LogP contribution in [-0.4, -0.2) is 46.8 Å². The van der Waals surface area contributed by atoms with E-state index >= 15 is 0 Å². The van der Waals surface area contributed by atoms with Crippen molar-refractivity contribution in [2.24, 2.45) is 5.92 Å². The molecule has 2 rings (SSSR count). The van der Waals surface area contributed by atoms with Crippen molar-refractivity contribution in [3.05, 3.63) is 0 Å². The van der Waals surface area contributed by atoms with Crippen LogP contribution >= 0.6 is 11.8 Å². The fourth-order valence-corrected chi connectivity index (χ4v) is 4.02. The lowest BCUT2D eigenvalue weighted by atomic mass is 9.80. The van der Waals surface area contributed by atoms with Gasteiger partial charge in [0, 0.05) is 6.54 Å². The van der Waals surface area contributed by atoms with Crippen molar-refractivity contribution in [3.63, 3.8) is 0 Å². The summed E-state index contributed by atoms with van der Waals surface area (Å²) in [4.78, 5) is 27.2. The van der Waals surface area contributed by atoms with E-state index in [2.05, 4.69) is 11.6 Å². The van der Waals surface area contributed by atoms with Crippen molar-refractivity contribution in [1.82, 2.24) is 10.2 Å². The molecular weight excluding hydrogens is 284 g/mol. The Morgan fingerprint density at radius 3 is 2.52 bits per heavy atom. The summed E-state index contributed by atoms with van der Waals surface area (Å²) in [5.41, 5.74) is -0.762. The van der Waals surface area contributed by atoms with E-state index in [-0.39, 0.29) is 17.9 Å². The summed E-state index contributed by atoms with van der Waals surface area (Å²) in [5.74, 6) is 1.51. The van der Waals surface area contributed by atoms with Crippen molar-refractivity contribution < 1.29 is 9.59 Å². The van der Waals surface area contributed by atoms with Crippen LogP contribution in [0.25, 0.3) is 0 Å². The van der Waals surface area contributed by atoms with Gasteiger partial charge in [0.05, 0.1) is 0 Å². The molecule has 0 aromatic heterocycles. The molecule has 21 heavy (non-hydrogen) atoms. The Kier molecular flexibility index (Phi) is 5.58. The Balaban J connectivity index is 2.16. The van der Waals surface area contributed by atoms with E-state index in [0.29, 0.717) is 12.5 Å². The summed E-state index contributed by atoms with van der Waals surface area (Å²) in [6.07, 6.45) is 8.81. The lowest BCUT2D eigenvalue weighted by molar-refractivity contribution is -0.156. The lowest BCUT2D eigenvalue weighted by Crippen LogP contribution is -2.69. The number of carbonyl (C=O) groups is 2. The lowest BCUT2D eigenvalue weighted by Gasteiger charge is -2.46. The molecule has 2 fully saturated rings. The molecule has 1 saturated heterocycles. The molecule has 0 radical (unpaired) electrons. The van der Waals surface area contributed by atoms with Crippen molar-refractivity contribution in [2.45, 2.75) is 64.0 Å². The summed E-state index contributed by atoms with van der Waals surface area (Å²) in [6.45, 7) is 4.33. The second-order valence-electron chi connectivity index (χ2n) is 6.80. The fraction of sp³-hybridized carbons (Fsp3) is 0.875. The van der Waals surface area contributed by atoms with Crippen LogP contribution in [0.15, 0.2) is 0 Å². The molecule has 5 heteroatoms.